The van der Waals surface area contributed by atoms with Crippen LogP contribution in [0, 0.1) is 11.8 Å². The van der Waals surface area contributed by atoms with E-state index in [2.05, 4.69) is 10.3 Å². The third-order valence-electron chi connectivity index (χ3n) is 3.93. The van der Waals surface area contributed by atoms with Gasteiger partial charge in [-0.1, -0.05) is 58.0 Å². The van der Waals surface area contributed by atoms with Crippen LogP contribution in [0.1, 0.15) is 48.8 Å². The minimum atomic E-state index is -3.63. The van der Waals surface area contributed by atoms with Gasteiger partial charge in [-0.25, -0.2) is 13.4 Å². The molecule has 0 unspecified atom stereocenters. The lowest BCUT2D eigenvalue weighted by Crippen LogP contribution is -2.32. The van der Waals surface area contributed by atoms with Crippen LogP contribution in [-0.2, 0) is 16.6 Å². The molecule has 0 fully saturated rings. The van der Waals surface area contributed by atoms with Gasteiger partial charge in [-0.3, -0.25) is 4.79 Å². The third-order valence-corrected chi connectivity index (χ3v) is 6.24. The largest absolute Gasteiger partial charge is 0.350 e. The molecule has 0 saturated carbocycles. The van der Waals surface area contributed by atoms with E-state index in [9.17, 15) is 13.2 Å². The van der Waals surface area contributed by atoms with Crippen LogP contribution in [0.5, 0.6) is 0 Å². The molecule has 0 aliphatic rings. The fraction of sp³-hybridized carbons (Fsp3) is 0.429. The number of hydrogen-bond donors (Lipinski definition) is 1. The van der Waals surface area contributed by atoms with Crippen LogP contribution >= 0.6 is 11.3 Å². The lowest BCUT2D eigenvalue weighted by atomic mass is 10.2. The number of nitrogens with one attached hydrogen (secondary N) is 1. The smallest absolute Gasteiger partial charge is 0.270 e. The number of amides is 1. The van der Waals surface area contributed by atoms with E-state index in [1.54, 1.807) is 11.5 Å². The molecular weight excluding hydrogens is 406 g/mol. The molecule has 8 heteroatoms. The summed E-state index contributed by atoms with van der Waals surface area (Å²) in [4.78, 5) is 16.5. The zero-order valence-electron chi connectivity index (χ0n) is 17.3. The Morgan fingerprint density at radius 2 is 1.86 bits per heavy atom. The minimum Gasteiger partial charge on any atom is -0.350 e. The van der Waals surface area contributed by atoms with Crippen LogP contribution in [-0.4, -0.2) is 36.7 Å². The zero-order valence-corrected chi connectivity index (χ0v) is 19.0. The van der Waals surface area contributed by atoms with E-state index in [0.29, 0.717) is 29.7 Å². The van der Waals surface area contributed by atoms with E-state index in [4.69, 9.17) is 0 Å². The molecule has 6 nitrogen and oxygen atoms in total. The molecule has 0 radical (unpaired) electrons. The van der Waals surface area contributed by atoms with Gasteiger partial charge >= 0.3 is 0 Å². The maximum Gasteiger partial charge on any atom is 0.270 e. The van der Waals surface area contributed by atoms with Crippen molar-refractivity contribution in [2.45, 2.75) is 34.2 Å². The van der Waals surface area contributed by atoms with Crippen molar-refractivity contribution in [1.29, 1.82) is 0 Å². The highest BCUT2D eigenvalue weighted by atomic mass is 32.2. The summed E-state index contributed by atoms with van der Waals surface area (Å²) in [6, 6.07) is 9.30. The normalized spacial score (nSPS) is 12.4. The molecule has 0 spiro atoms. The summed E-state index contributed by atoms with van der Waals surface area (Å²) in [5.41, 5.74) is 1.14. The topological polar surface area (TPSA) is 79.4 Å². The lowest BCUT2D eigenvalue weighted by molar-refractivity contribution is 0.0944. The molecule has 1 amide bonds. The van der Waals surface area contributed by atoms with Gasteiger partial charge < -0.3 is 5.32 Å². The fourth-order valence-corrected chi connectivity index (χ4v) is 4.69. The van der Waals surface area contributed by atoms with Crippen molar-refractivity contribution in [3.8, 4) is 0 Å². The van der Waals surface area contributed by atoms with Crippen molar-refractivity contribution in [2.75, 3.05) is 13.1 Å². The number of hydrogen-bond acceptors (Lipinski definition) is 5. The Balaban J connectivity index is 2.14. The van der Waals surface area contributed by atoms with Crippen LogP contribution in [0.4, 0.5) is 0 Å². The van der Waals surface area contributed by atoms with Gasteiger partial charge in [0, 0.05) is 23.9 Å². The van der Waals surface area contributed by atoms with Crippen molar-refractivity contribution >= 4 is 33.3 Å². The number of benzene rings is 1. The maximum absolute atomic E-state index is 12.9. The average Bonchev–Trinajstić information content (AvgIpc) is 3.13. The van der Waals surface area contributed by atoms with Crippen LogP contribution in [0.3, 0.4) is 0 Å². The molecule has 1 N–H and O–H groups in total. The summed E-state index contributed by atoms with van der Waals surface area (Å²) in [5, 5.41) is 6.32. The number of carbonyl (C=O) groups is 1. The molecule has 0 saturated heterocycles. The second kappa shape index (κ2) is 10.7. The summed E-state index contributed by atoms with van der Waals surface area (Å²) in [6.45, 7) is 9.06. The highest BCUT2D eigenvalue weighted by molar-refractivity contribution is 7.92. The van der Waals surface area contributed by atoms with Crippen molar-refractivity contribution in [3.63, 3.8) is 0 Å². The molecule has 1 aromatic carbocycles. The molecule has 0 bridgehead atoms. The zero-order chi connectivity index (χ0) is 21.4. The molecule has 0 atom stereocenters. The Morgan fingerprint density at radius 3 is 2.48 bits per heavy atom. The van der Waals surface area contributed by atoms with Crippen molar-refractivity contribution in [3.05, 3.63) is 57.4 Å². The number of sulfonamides is 1. The van der Waals surface area contributed by atoms with Crippen molar-refractivity contribution in [1.82, 2.24) is 14.6 Å². The number of thiazole rings is 1. The van der Waals surface area contributed by atoms with Gasteiger partial charge in [0.1, 0.15) is 10.7 Å². The van der Waals surface area contributed by atoms with Gasteiger partial charge in [-0.15, -0.1) is 11.3 Å². The van der Waals surface area contributed by atoms with Gasteiger partial charge in [0.15, 0.2) is 0 Å². The van der Waals surface area contributed by atoms with E-state index >= 15 is 0 Å². The molecule has 0 aliphatic heterocycles. The number of aromatic nitrogens is 1. The fourth-order valence-electron chi connectivity index (χ4n) is 2.51. The van der Waals surface area contributed by atoms with Gasteiger partial charge in [-0.05, 0) is 23.5 Å². The summed E-state index contributed by atoms with van der Waals surface area (Å²) in [6.07, 6.45) is 1.59. The highest BCUT2D eigenvalue weighted by Crippen LogP contribution is 2.18. The standard InChI is InChI=1S/C21H29N3O3S2/c1-16(2)12-22-21(25)19-15-28-20(23-19)14-24(13-17(3)4)29(26,27)11-10-18-8-6-5-7-9-18/h5-11,15-17H,12-14H2,1-4H3,(H,22,25)/b11-10+. The molecule has 1 heterocycles. The van der Waals surface area contributed by atoms with Crippen molar-refractivity contribution in [2.24, 2.45) is 11.8 Å². The maximum atomic E-state index is 12.9. The third kappa shape index (κ3) is 7.72. The Labute approximate surface area is 177 Å². The summed E-state index contributed by atoms with van der Waals surface area (Å²) in [7, 11) is -3.63. The predicted octanol–water partition coefficient (Wildman–Crippen LogP) is 3.99. The van der Waals surface area contributed by atoms with Crippen LogP contribution in [0.15, 0.2) is 41.1 Å². The van der Waals surface area contributed by atoms with Crippen LogP contribution in [0.2, 0.25) is 0 Å². The van der Waals surface area contributed by atoms with E-state index in [-0.39, 0.29) is 18.4 Å². The first kappa shape index (κ1) is 23.3. The van der Waals surface area contributed by atoms with Crippen LogP contribution < -0.4 is 5.32 Å². The second-order valence-electron chi connectivity index (χ2n) is 7.68. The highest BCUT2D eigenvalue weighted by Gasteiger charge is 2.23. The van der Waals surface area contributed by atoms with Gasteiger partial charge in [0.25, 0.3) is 5.91 Å². The monoisotopic (exact) mass is 435 g/mol. The molecule has 29 heavy (non-hydrogen) atoms. The number of rotatable bonds is 10. The van der Waals surface area contributed by atoms with Gasteiger partial charge in [0.2, 0.25) is 10.0 Å². The SMILES string of the molecule is CC(C)CNC(=O)c1csc(CN(CC(C)C)S(=O)(=O)/C=C/c2ccccc2)n1. The molecule has 2 rings (SSSR count). The predicted molar refractivity (Wildman–Crippen MR) is 119 cm³/mol. The quantitative estimate of drug-likeness (QED) is 0.612. The van der Waals surface area contributed by atoms with Crippen molar-refractivity contribution < 1.29 is 13.2 Å². The van der Waals surface area contributed by atoms with Gasteiger partial charge in [0.05, 0.1) is 6.54 Å². The first-order valence-corrected chi connectivity index (χ1v) is 12.0. The van der Waals surface area contributed by atoms with Crippen LogP contribution in [0.25, 0.3) is 6.08 Å². The van der Waals surface area contributed by atoms with E-state index < -0.39 is 10.0 Å². The summed E-state index contributed by atoms with van der Waals surface area (Å²) in [5.74, 6) is 0.271. The molecular formula is C21H29N3O3S2. The molecule has 0 aliphatic carbocycles. The minimum absolute atomic E-state index is 0.141. The van der Waals surface area contributed by atoms with E-state index in [1.165, 1.54) is 21.1 Å². The van der Waals surface area contributed by atoms with Gasteiger partial charge in [-0.2, -0.15) is 4.31 Å². The van der Waals surface area contributed by atoms with E-state index in [0.717, 1.165) is 5.56 Å². The second-order valence-corrected chi connectivity index (χ2v) is 10.4. The summed E-state index contributed by atoms with van der Waals surface area (Å²) >= 11 is 1.30. The summed E-state index contributed by atoms with van der Waals surface area (Å²) < 4.78 is 27.2. The molecule has 1 aromatic heterocycles. The van der Waals surface area contributed by atoms with E-state index in [1.807, 2.05) is 58.0 Å². The number of nitrogens with zero attached hydrogens (tertiary/aromatic N) is 2. The molecule has 158 valence electrons. The Hall–Kier alpha value is -2.03. The first-order chi connectivity index (χ1) is 13.7. The first-order valence-electron chi connectivity index (χ1n) is 9.63. The molecule has 2 aromatic rings. The Bertz CT molecular complexity index is 920. The Kier molecular flexibility index (Phi) is 8.55. The lowest BCUT2D eigenvalue weighted by Gasteiger charge is -2.21. The number of carbonyl (C=O) groups excluding carboxylic acids is 1. The average molecular weight is 436 g/mol. The Morgan fingerprint density at radius 1 is 1.17 bits per heavy atom.